The van der Waals surface area contributed by atoms with Gasteiger partial charge in [0.05, 0.1) is 12.2 Å². The van der Waals surface area contributed by atoms with Crippen LogP contribution in [0.2, 0.25) is 0 Å². The number of benzene rings is 1. The number of rotatable bonds is 4. The van der Waals surface area contributed by atoms with E-state index in [0.717, 1.165) is 18.6 Å². The van der Waals surface area contributed by atoms with E-state index < -0.39 is 0 Å². The summed E-state index contributed by atoms with van der Waals surface area (Å²) < 4.78 is 11.3. The third-order valence-corrected chi connectivity index (χ3v) is 3.13. The van der Waals surface area contributed by atoms with Crippen molar-refractivity contribution >= 4 is 0 Å². The standard InChI is InChI=1S/C15H23NO2/c1-15(2,3)18-9-8-17-12-5-6-13-11(10-12)4-7-14(13)16/h5-6,10,14H,4,7-9,16H2,1-3H3/t14-/m1/s1. The Labute approximate surface area is 109 Å². The van der Waals surface area contributed by atoms with Gasteiger partial charge in [0.2, 0.25) is 0 Å². The average Bonchev–Trinajstić information content (AvgIpc) is 2.65. The minimum absolute atomic E-state index is 0.103. The van der Waals surface area contributed by atoms with Crippen molar-refractivity contribution in [3.63, 3.8) is 0 Å². The van der Waals surface area contributed by atoms with Crippen LogP contribution in [0.5, 0.6) is 5.75 Å². The lowest BCUT2D eigenvalue weighted by Gasteiger charge is -2.19. The highest BCUT2D eigenvalue weighted by molar-refractivity contribution is 5.40. The predicted molar refractivity (Wildman–Crippen MR) is 72.9 cm³/mol. The summed E-state index contributed by atoms with van der Waals surface area (Å²) in [7, 11) is 0. The number of nitrogens with two attached hydrogens (primary N) is 1. The molecular formula is C15H23NO2. The molecule has 0 spiro atoms. The van der Waals surface area contributed by atoms with Gasteiger partial charge in [0.25, 0.3) is 0 Å². The van der Waals surface area contributed by atoms with Crippen LogP contribution in [0.3, 0.4) is 0 Å². The minimum Gasteiger partial charge on any atom is -0.491 e. The molecule has 2 rings (SSSR count). The molecule has 2 N–H and O–H groups in total. The van der Waals surface area contributed by atoms with Gasteiger partial charge in [-0.25, -0.2) is 0 Å². The average molecular weight is 249 g/mol. The Morgan fingerprint density at radius 3 is 2.78 bits per heavy atom. The van der Waals surface area contributed by atoms with Gasteiger partial charge in [-0.1, -0.05) is 6.07 Å². The number of hydrogen-bond acceptors (Lipinski definition) is 3. The first-order chi connectivity index (χ1) is 8.46. The lowest BCUT2D eigenvalue weighted by molar-refractivity contribution is -0.0163. The minimum atomic E-state index is -0.103. The summed E-state index contributed by atoms with van der Waals surface area (Å²) in [6, 6.07) is 6.41. The van der Waals surface area contributed by atoms with Gasteiger partial charge in [-0.2, -0.15) is 0 Å². The summed E-state index contributed by atoms with van der Waals surface area (Å²) in [6.07, 6.45) is 2.11. The molecule has 1 aromatic carbocycles. The fourth-order valence-electron chi connectivity index (χ4n) is 2.22. The van der Waals surface area contributed by atoms with Crippen LogP contribution < -0.4 is 10.5 Å². The second-order valence-electron chi connectivity index (χ2n) is 5.82. The normalized spacial score (nSPS) is 18.8. The highest BCUT2D eigenvalue weighted by Crippen LogP contribution is 2.31. The summed E-state index contributed by atoms with van der Waals surface area (Å²) in [5, 5.41) is 0. The summed E-state index contributed by atoms with van der Waals surface area (Å²) in [4.78, 5) is 0. The molecule has 1 atom stereocenters. The molecule has 0 heterocycles. The molecule has 0 fully saturated rings. The molecule has 18 heavy (non-hydrogen) atoms. The van der Waals surface area contributed by atoms with E-state index in [1.54, 1.807) is 0 Å². The maximum atomic E-state index is 6.01. The lowest BCUT2D eigenvalue weighted by atomic mass is 10.1. The van der Waals surface area contributed by atoms with Crippen LogP contribution in [0.15, 0.2) is 18.2 Å². The second kappa shape index (κ2) is 5.29. The molecule has 0 aliphatic heterocycles. The van der Waals surface area contributed by atoms with Crippen molar-refractivity contribution in [3.05, 3.63) is 29.3 Å². The molecule has 3 heteroatoms. The smallest absolute Gasteiger partial charge is 0.119 e. The zero-order valence-corrected chi connectivity index (χ0v) is 11.5. The molecule has 3 nitrogen and oxygen atoms in total. The van der Waals surface area contributed by atoms with E-state index in [1.807, 2.05) is 26.8 Å². The Bertz CT molecular complexity index is 409. The summed E-state index contributed by atoms with van der Waals surface area (Å²) >= 11 is 0. The van der Waals surface area contributed by atoms with E-state index in [0.29, 0.717) is 13.2 Å². The van der Waals surface area contributed by atoms with Crippen molar-refractivity contribution in [2.75, 3.05) is 13.2 Å². The van der Waals surface area contributed by atoms with Crippen LogP contribution in [0.4, 0.5) is 0 Å². The van der Waals surface area contributed by atoms with E-state index in [1.165, 1.54) is 11.1 Å². The molecule has 0 saturated heterocycles. The number of aryl methyl sites for hydroxylation is 1. The van der Waals surface area contributed by atoms with Gasteiger partial charge >= 0.3 is 0 Å². The Kier molecular flexibility index (Phi) is 3.93. The van der Waals surface area contributed by atoms with Crippen molar-refractivity contribution in [1.82, 2.24) is 0 Å². The van der Waals surface area contributed by atoms with Crippen molar-refractivity contribution in [2.24, 2.45) is 5.73 Å². The third kappa shape index (κ3) is 3.47. The Morgan fingerprint density at radius 2 is 2.06 bits per heavy atom. The van der Waals surface area contributed by atoms with Gasteiger partial charge in [0.1, 0.15) is 12.4 Å². The fourth-order valence-corrected chi connectivity index (χ4v) is 2.22. The molecule has 0 radical (unpaired) electrons. The summed E-state index contributed by atoms with van der Waals surface area (Å²) in [5.74, 6) is 0.917. The molecule has 1 aliphatic rings. The second-order valence-corrected chi connectivity index (χ2v) is 5.82. The zero-order valence-electron chi connectivity index (χ0n) is 11.5. The molecule has 100 valence electrons. The van der Waals surface area contributed by atoms with E-state index in [2.05, 4.69) is 12.1 Å². The summed E-state index contributed by atoms with van der Waals surface area (Å²) in [5.41, 5.74) is 8.50. The van der Waals surface area contributed by atoms with Crippen LogP contribution in [0.1, 0.15) is 44.4 Å². The molecule has 0 unspecified atom stereocenters. The van der Waals surface area contributed by atoms with Crippen LogP contribution >= 0.6 is 0 Å². The van der Waals surface area contributed by atoms with E-state index in [9.17, 15) is 0 Å². The van der Waals surface area contributed by atoms with Crippen molar-refractivity contribution in [2.45, 2.75) is 45.3 Å². The Balaban J connectivity index is 1.84. The van der Waals surface area contributed by atoms with Crippen molar-refractivity contribution in [3.8, 4) is 5.75 Å². The number of fused-ring (bicyclic) bond motifs is 1. The maximum Gasteiger partial charge on any atom is 0.119 e. The highest BCUT2D eigenvalue weighted by atomic mass is 16.5. The van der Waals surface area contributed by atoms with Gasteiger partial charge in [-0.15, -0.1) is 0 Å². The molecule has 0 bridgehead atoms. The van der Waals surface area contributed by atoms with E-state index >= 15 is 0 Å². The molecule has 0 amide bonds. The maximum absolute atomic E-state index is 6.01. The van der Waals surface area contributed by atoms with E-state index in [4.69, 9.17) is 15.2 Å². The molecular weight excluding hydrogens is 226 g/mol. The number of ether oxygens (including phenoxy) is 2. The zero-order chi connectivity index (χ0) is 13.2. The quantitative estimate of drug-likeness (QED) is 0.834. The van der Waals surface area contributed by atoms with Crippen LogP contribution in [-0.4, -0.2) is 18.8 Å². The Morgan fingerprint density at radius 1 is 1.28 bits per heavy atom. The van der Waals surface area contributed by atoms with Gasteiger partial charge in [-0.3, -0.25) is 0 Å². The van der Waals surface area contributed by atoms with E-state index in [-0.39, 0.29) is 11.6 Å². The molecule has 0 saturated carbocycles. The molecule has 1 aromatic rings. The third-order valence-electron chi connectivity index (χ3n) is 3.13. The first-order valence-corrected chi connectivity index (χ1v) is 6.61. The van der Waals surface area contributed by atoms with Gasteiger partial charge < -0.3 is 15.2 Å². The first-order valence-electron chi connectivity index (χ1n) is 6.61. The Hall–Kier alpha value is -1.06. The number of hydrogen-bond donors (Lipinski definition) is 1. The van der Waals surface area contributed by atoms with Crippen LogP contribution in [-0.2, 0) is 11.2 Å². The lowest BCUT2D eigenvalue weighted by Crippen LogP contribution is -2.22. The van der Waals surface area contributed by atoms with Crippen LogP contribution in [0.25, 0.3) is 0 Å². The predicted octanol–water partition coefficient (Wildman–Crippen LogP) is 2.83. The van der Waals surface area contributed by atoms with Gasteiger partial charge in [0.15, 0.2) is 0 Å². The van der Waals surface area contributed by atoms with Crippen LogP contribution in [0, 0.1) is 0 Å². The van der Waals surface area contributed by atoms with Crippen molar-refractivity contribution < 1.29 is 9.47 Å². The highest BCUT2D eigenvalue weighted by Gasteiger charge is 2.19. The molecule has 1 aliphatic carbocycles. The molecule has 0 aromatic heterocycles. The van der Waals surface area contributed by atoms with Gasteiger partial charge in [0, 0.05) is 6.04 Å². The summed E-state index contributed by atoms with van der Waals surface area (Å²) in [6.45, 7) is 7.33. The largest absolute Gasteiger partial charge is 0.491 e. The fraction of sp³-hybridized carbons (Fsp3) is 0.600. The first kappa shape index (κ1) is 13.4. The van der Waals surface area contributed by atoms with Gasteiger partial charge in [-0.05, 0) is 56.9 Å². The topological polar surface area (TPSA) is 44.5 Å². The SMILES string of the molecule is CC(C)(C)OCCOc1ccc2c(c1)CC[C@H]2N. The van der Waals surface area contributed by atoms with Crippen molar-refractivity contribution in [1.29, 1.82) is 0 Å². The monoisotopic (exact) mass is 249 g/mol.